The van der Waals surface area contributed by atoms with E-state index in [1.165, 1.54) is 141 Å². The van der Waals surface area contributed by atoms with Crippen LogP contribution in [0.5, 0.6) is 0 Å². The fourth-order valence-corrected chi connectivity index (χ4v) is 11.4. The SMILES string of the molecule is CCCCC(CC)CC1(CC(CC)CCCC)c2cc(-c3ccc4c(c3)c3ccccc3n4CC)ccc2-c2ccc(-c3ccc4c(c3)c3ccccc3n4CC)cc21. The van der Waals surface area contributed by atoms with Gasteiger partial charge in [0.2, 0.25) is 0 Å². The summed E-state index contributed by atoms with van der Waals surface area (Å²) in [7, 11) is 0. The van der Waals surface area contributed by atoms with Gasteiger partial charge in [0.1, 0.15) is 0 Å². The highest BCUT2D eigenvalue weighted by molar-refractivity contribution is 6.10. The molecule has 0 amide bonds. The lowest BCUT2D eigenvalue weighted by atomic mass is 9.64. The number of benzene rings is 6. The van der Waals surface area contributed by atoms with Crippen molar-refractivity contribution in [2.75, 3.05) is 0 Å². The summed E-state index contributed by atoms with van der Waals surface area (Å²) in [6.07, 6.45) is 12.6. The molecule has 0 saturated heterocycles. The summed E-state index contributed by atoms with van der Waals surface area (Å²) in [5, 5.41) is 5.41. The summed E-state index contributed by atoms with van der Waals surface area (Å²) in [5.74, 6) is 1.36. The van der Waals surface area contributed by atoms with Gasteiger partial charge in [0.15, 0.2) is 0 Å². The van der Waals surface area contributed by atoms with Crippen molar-refractivity contribution in [3.8, 4) is 33.4 Å². The van der Waals surface area contributed by atoms with Crippen molar-refractivity contribution in [1.82, 2.24) is 9.13 Å². The summed E-state index contributed by atoms with van der Waals surface area (Å²) < 4.78 is 4.94. The van der Waals surface area contributed by atoms with E-state index in [0.29, 0.717) is 11.8 Å². The monoisotopic (exact) mass is 777 g/mol. The van der Waals surface area contributed by atoms with Gasteiger partial charge in [0.05, 0.1) is 0 Å². The van der Waals surface area contributed by atoms with Gasteiger partial charge in [-0.15, -0.1) is 0 Å². The van der Waals surface area contributed by atoms with E-state index in [1.54, 1.807) is 11.1 Å². The number of rotatable bonds is 16. The predicted molar refractivity (Wildman–Crippen MR) is 257 cm³/mol. The molecule has 2 heterocycles. The zero-order valence-corrected chi connectivity index (χ0v) is 36.6. The molecule has 1 aliphatic carbocycles. The second-order valence-corrected chi connectivity index (χ2v) is 17.8. The first-order valence-corrected chi connectivity index (χ1v) is 23.3. The summed E-state index contributed by atoms with van der Waals surface area (Å²) >= 11 is 0. The van der Waals surface area contributed by atoms with Crippen LogP contribution in [0, 0.1) is 11.8 Å². The van der Waals surface area contributed by atoms with Gasteiger partial charge in [-0.3, -0.25) is 0 Å². The molecule has 1 aliphatic rings. The van der Waals surface area contributed by atoms with E-state index in [1.807, 2.05) is 0 Å². The molecule has 0 fully saturated rings. The maximum absolute atomic E-state index is 2.65. The quantitative estimate of drug-likeness (QED) is 0.0925. The average Bonchev–Trinajstić information content (AvgIpc) is 3.88. The van der Waals surface area contributed by atoms with Crippen LogP contribution in [0.4, 0.5) is 0 Å². The van der Waals surface area contributed by atoms with Crippen molar-refractivity contribution in [2.24, 2.45) is 11.8 Å². The smallest absolute Gasteiger partial charge is 0.0491 e. The summed E-state index contributed by atoms with van der Waals surface area (Å²) in [5.41, 5.74) is 16.6. The number of para-hydroxylation sites is 2. The molecule has 2 atom stereocenters. The van der Waals surface area contributed by atoms with E-state index >= 15 is 0 Å². The normalized spacial score (nSPS) is 14.4. The lowest BCUT2D eigenvalue weighted by Crippen LogP contribution is -2.31. The first-order valence-electron chi connectivity index (χ1n) is 23.3. The number of aromatic nitrogens is 2. The topological polar surface area (TPSA) is 9.86 Å². The Balaban J connectivity index is 1.24. The highest BCUT2D eigenvalue weighted by Gasteiger charge is 2.45. The highest BCUT2D eigenvalue weighted by atomic mass is 15.0. The van der Waals surface area contributed by atoms with Gasteiger partial charge < -0.3 is 9.13 Å². The number of hydrogen-bond acceptors (Lipinski definition) is 0. The molecule has 6 aromatic carbocycles. The molecule has 0 spiro atoms. The molecule has 302 valence electrons. The Labute approximate surface area is 353 Å². The maximum Gasteiger partial charge on any atom is 0.0491 e. The summed E-state index contributed by atoms with van der Waals surface area (Å²) in [6.45, 7) is 16.1. The van der Waals surface area contributed by atoms with Gasteiger partial charge in [-0.2, -0.15) is 0 Å². The van der Waals surface area contributed by atoms with Crippen LogP contribution in [-0.4, -0.2) is 9.13 Å². The molecule has 59 heavy (non-hydrogen) atoms. The minimum absolute atomic E-state index is 0.0514. The first kappa shape index (κ1) is 39.4. The second-order valence-electron chi connectivity index (χ2n) is 17.8. The summed E-state index contributed by atoms with van der Waals surface area (Å²) in [6, 6.07) is 47.5. The third-order valence-electron chi connectivity index (χ3n) is 14.6. The molecule has 0 radical (unpaired) electrons. The van der Waals surface area contributed by atoms with Gasteiger partial charge in [0.25, 0.3) is 0 Å². The van der Waals surface area contributed by atoms with E-state index < -0.39 is 0 Å². The molecule has 0 saturated carbocycles. The molecule has 0 bridgehead atoms. The van der Waals surface area contributed by atoms with Gasteiger partial charge >= 0.3 is 0 Å². The predicted octanol–water partition coefficient (Wildman–Crippen LogP) is 16.8. The summed E-state index contributed by atoms with van der Waals surface area (Å²) in [4.78, 5) is 0. The van der Waals surface area contributed by atoms with Gasteiger partial charge in [-0.1, -0.05) is 152 Å². The van der Waals surface area contributed by atoms with Crippen LogP contribution in [-0.2, 0) is 18.5 Å². The van der Waals surface area contributed by atoms with Crippen LogP contribution >= 0.6 is 0 Å². The number of nitrogens with zero attached hydrogens (tertiary/aromatic N) is 2. The minimum Gasteiger partial charge on any atom is -0.341 e. The lowest BCUT2D eigenvalue weighted by Gasteiger charge is -2.39. The highest BCUT2D eigenvalue weighted by Crippen LogP contribution is 2.58. The van der Waals surface area contributed by atoms with E-state index in [4.69, 9.17) is 0 Å². The Morgan fingerprint density at radius 1 is 0.424 bits per heavy atom. The Morgan fingerprint density at radius 3 is 1.22 bits per heavy atom. The van der Waals surface area contributed by atoms with E-state index in [-0.39, 0.29) is 5.41 Å². The third-order valence-corrected chi connectivity index (χ3v) is 14.6. The molecule has 2 nitrogen and oxygen atoms in total. The number of aryl methyl sites for hydroxylation is 2. The largest absolute Gasteiger partial charge is 0.341 e. The number of unbranched alkanes of at least 4 members (excludes halogenated alkanes) is 2. The molecular formula is C57H64N2. The fourth-order valence-electron chi connectivity index (χ4n) is 11.4. The molecule has 2 unspecified atom stereocenters. The fraction of sp³-hybridized carbons (Fsp3) is 0.368. The van der Waals surface area contributed by atoms with Gasteiger partial charge in [-0.25, -0.2) is 0 Å². The number of hydrogen-bond donors (Lipinski definition) is 0. The van der Waals surface area contributed by atoms with E-state index in [0.717, 1.165) is 13.1 Å². The van der Waals surface area contributed by atoms with Crippen LogP contribution in [0.15, 0.2) is 121 Å². The van der Waals surface area contributed by atoms with Crippen LogP contribution in [0.1, 0.15) is 117 Å². The zero-order valence-electron chi connectivity index (χ0n) is 36.6. The standard InChI is InChI=1S/C57H64N2/c1-7-13-19-39(9-3)37-57(38-40(10-4)20-14-8-2)51-35-43(41-27-31-55-49(33-41)47-21-15-17-23-53(47)58(55)11-5)25-29-45(51)46-30-26-44(36-52(46)57)42-28-32-56-50(34-42)48-22-16-18-24-54(48)59(56)12-6/h15-18,21-36,39-40H,7-14,19-20,37-38H2,1-6H3. The Morgan fingerprint density at radius 2 is 0.814 bits per heavy atom. The number of fused-ring (bicyclic) bond motifs is 9. The van der Waals surface area contributed by atoms with Crippen LogP contribution in [0.2, 0.25) is 0 Å². The van der Waals surface area contributed by atoms with Crippen LogP contribution in [0.3, 0.4) is 0 Å². The van der Waals surface area contributed by atoms with Crippen molar-refractivity contribution in [3.05, 3.63) is 132 Å². The molecule has 8 aromatic rings. The van der Waals surface area contributed by atoms with Gasteiger partial charge in [0, 0.05) is 62.1 Å². The zero-order chi connectivity index (χ0) is 40.7. The van der Waals surface area contributed by atoms with Crippen molar-refractivity contribution in [1.29, 1.82) is 0 Å². The molecule has 2 heteroatoms. The Kier molecular flexibility index (Phi) is 11.0. The van der Waals surface area contributed by atoms with Crippen molar-refractivity contribution >= 4 is 43.6 Å². The van der Waals surface area contributed by atoms with Crippen LogP contribution in [0.25, 0.3) is 77.0 Å². The Bertz CT molecular complexity index is 2580. The van der Waals surface area contributed by atoms with Gasteiger partial charge in [-0.05, 0) is 132 Å². The molecule has 0 aliphatic heterocycles. The van der Waals surface area contributed by atoms with Crippen molar-refractivity contribution in [3.63, 3.8) is 0 Å². The van der Waals surface area contributed by atoms with Crippen molar-refractivity contribution in [2.45, 2.75) is 124 Å². The van der Waals surface area contributed by atoms with E-state index in [2.05, 4.69) is 172 Å². The Hall–Kier alpha value is -5.08. The third kappa shape index (κ3) is 6.72. The molecule has 9 rings (SSSR count). The lowest BCUT2D eigenvalue weighted by molar-refractivity contribution is 0.266. The minimum atomic E-state index is -0.0514. The molecule has 0 N–H and O–H groups in total. The maximum atomic E-state index is 2.65. The average molecular weight is 777 g/mol. The first-order chi connectivity index (χ1) is 29.0. The second kappa shape index (κ2) is 16.5. The molecular weight excluding hydrogens is 713 g/mol. The van der Waals surface area contributed by atoms with E-state index in [9.17, 15) is 0 Å². The molecule has 2 aromatic heterocycles. The van der Waals surface area contributed by atoms with Crippen LogP contribution < -0.4 is 0 Å². The van der Waals surface area contributed by atoms with Crippen molar-refractivity contribution < 1.29 is 0 Å².